The highest BCUT2D eigenvalue weighted by Gasteiger charge is 2.20. The van der Waals surface area contributed by atoms with Gasteiger partial charge in [0.05, 0.1) is 23.0 Å². The molecule has 0 bridgehead atoms. The number of imidazole rings is 1. The van der Waals surface area contributed by atoms with Gasteiger partial charge >= 0.3 is 0 Å². The van der Waals surface area contributed by atoms with Crippen molar-refractivity contribution in [2.45, 2.75) is 39.7 Å². The quantitative estimate of drug-likeness (QED) is 0.403. The summed E-state index contributed by atoms with van der Waals surface area (Å²) < 4.78 is 3.17. The number of carbonyl (C=O) groups is 1. The molecule has 0 N–H and O–H groups in total. The van der Waals surface area contributed by atoms with Crippen LogP contribution in [0.2, 0.25) is 0 Å². The molecular weight excluding hydrogens is 392 g/mol. The molecule has 2 aromatic carbocycles. The summed E-state index contributed by atoms with van der Waals surface area (Å²) in [6.45, 7) is 5.64. The zero-order valence-corrected chi connectivity index (χ0v) is 18.2. The van der Waals surface area contributed by atoms with E-state index in [4.69, 9.17) is 4.98 Å². The van der Waals surface area contributed by atoms with Crippen molar-refractivity contribution in [1.82, 2.24) is 14.5 Å². The number of anilines is 1. The maximum atomic E-state index is 13.3. The van der Waals surface area contributed by atoms with Crippen molar-refractivity contribution in [3.63, 3.8) is 0 Å². The summed E-state index contributed by atoms with van der Waals surface area (Å²) in [6, 6.07) is 14.4. The van der Waals surface area contributed by atoms with Crippen LogP contribution in [0.5, 0.6) is 0 Å². The summed E-state index contributed by atoms with van der Waals surface area (Å²) in [6.07, 6.45) is 7.68. The van der Waals surface area contributed by atoms with E-state index in [1.54, 1.807) is 17.5 Å². The second kappa shape index (κ2) is 9.22. The lowest BCUT2D eigenvalue weighted by atomic mass is 10.1. The van der Waals surface area contributed by atoms with Gasteiger partial charge in [0.1, 0.15) is 0 Å². The van der Waals surface area contributed by atoms with Crippen LogP contribution in [0.3, 0.4) is 0 Å². The predicted octanol–water partition coefficient (Wildman–Crippen LogP) is 5.03. The Morgan fingerprint density at radius 3 is 2.83 bits per heavy atom. The van der Waals surface area contributed by atoms with Crippen LogP contribution in [0, 0.1) is 6.92 Å². The third kappa shape index (κ3) is 4.60. The third-order valence-corrected chi connectivity index (χ3v) is 6.24. The van der Waals surface area contributed by atoms with Crippen LogP contribution >= 0.6 is 11.3 Å². The minimum atomic E-state index is 0.0864. The van der Waals surface area contributed by atoms with Gasteiger partial charge in [0, 0.05) is 25.5 Å². The highest BCUT2D eigenvalue weighted by atomic mass is 32.1. The lowest BCUT2D eigenvalue weighted by molar-refractivity contribution is -0.118. The molecule has 5 nitrogen and oxygen atoms in total. The van der Waals surface area contributed by atoms with E-state index in [0.717, 1.165) is 40.3 Å². The number of aromatic nitrogens is 3. The number of hydrogen-bond donors (Lipinski definition) is 0. The first-order valence-electron chi connectivity index (χ1n) is 10.3. The number of benzene rings is 2. The molecule has 4 rings (SSSR count). The maximum Gasteiger partial charge on any atom is 0.233 e. The maximum absolute atomic E-state index is 13.3. The minimum absolute atomic E-state index is 0.0864. The van der Waals surface area contributed by atoms with Gasteiger partial charge in [-0.05, 0) is 37.0 Å². The highest BCUT2D eigenvalue weighted by molar-refractivity contribution is 7.22. The smallest absolute Gasteiger partial charge is 0.233 e. The lowest BCUT2D eigenvalue weighted by Gasteiger charge is -2.20. The second-order valence-electron chi connectivity index (χ2n) is 7.48. The normalized spacial score (nSPS) is 11.1. The summed E-state index contributed by atoms with van der Waals surface area (Å²) >= 11 is 1.60. The summed E-state index contributed by atoms with van der Waals surface area (Å²) in [5, 5.41) is 0.786. The Kier molecular flexibility index (Phi) is 6.23. The van der Waals surface area contributed by atoms with E-state index in [2.05, 4.69) is 49.2 Å². The molecule has 0 saturated carbocycles. The Morgan fingerprint density at radius 2 is 2.07 bits per heavy atom. The largest absolute Gasteiger partial charge is 0.337 e. The molecule has 0 fully saturated rings. The number of nitrogens with zero attached hydrogens (tertiary/aromatic N) is 4. The number of fused-ring (bicyclic) bond motifs is 1. The molecule has 0 aliphatic heterocycles. The molecule has 4 aromatic rings. The number of aryl methyl sites for hydroxylation is 3. The van der Waals surface area contributed by atoms with E-state index < -0.39 is 0 Å². The van der Waals surface area contributed by atoms with Crippen molar-refractivity contribution in [1.29, 1.82) is 0 Å². The lowest BCUT2D eigenvalue weighted by Crippen LogP contribution is -2.33. The molecule has 0 aliphatic rings. The first kappa shape index (κ1) is 20.3. The molecule has 0 unspecified atom stereocenters. The Balaban J connectivity index is 1.59. The van der Waals surface area contributed by atoms with E-state index in [0.29, 0.717) is 13.0 Å². The van der Waals surface area contributed by atoms with Gasteiger partial charge in [0.2, 0.25) is 5.91 Å². The van der Waals surface area contributed by atoms with Crippen molar-refractivity contribution in [3.05, 3.63) is 77.9 Å². The van der Waals surface area contributed by atoms with Gasteiger partial charge in [-0.25, -0.2) is 9.97 Å². The van der Waals surface area contributed by atoms with Crippen LogP contribution in [0.25, 0.3) is 10.2 Å². The SMILES string of the molecule is CCc1cccc2sc(N(CCCn3ccnc3)C(=O)Cc3cccc(C)c3)nc12. The van der Waals surface area contributed by atoms with Gasteiger partial charge in [0.15, 0.2) is 5.13 Å². The second-order valence-corrected chi connectivity index (χ2v) is 8.49. The van der Waals surface area contributed by atoms with Gasteiger partial charge < -0.3 is 4.57 Å². The summed E-state index contributed by atoms with van der Waals surface area (Å²) in [4.78, 5) is 24.2. The molecule has 2 aromatic heterocycles. The number of thiazole rings is 1. The third-order valence-electron chi connectivity index (χ3n) is 5.20. The molecule has 0 radical (unpaired) electrons. The molecular formula is C24H26N4OS. The first-order chi connectivity index (χ1) is 14.6. The predicted molar refractivity (Wildman–Crippen MR) is 123 cm³/mol. The fourth-order valence-electron chi connectivity index (χ4n) is 3.64. The van der Waals surface area contributed by atoms with E-state index in [9.17, 15) is 4.79 Å². The fraction of sp³-hybridized carbons (Fsp3) is 0.292. The first-order valence-corrected chi connectivity index (χ1v) is 11.2. The van der Waals surface area contributed by atoms with Crippen molar-refractivity contribution >= 4 is 32.6 Å². The number of carbonyl (C=O) groups excluding carboxylic acids is 1. The van der Waals surface area contributed by atoms with Crippen LogP contribution in [0.1, 0.15) is 30.0 Å². The standard InChI is InChI=1S/C24H26N4OS/c1-3-20-9-5-10-21-23(20)26-24(30-21)28(13-6-12-27-14-11-25-17-27)22(29)16-19-8-4-7-18(2)15-19/h4-5,7-11,14-15,17H,3,6,12-13,16H2,1-2H3. The number of para-hydroxylation sites is 1. The van der Waals surface area contributed by atoms with Crippen LogP contribution in [-0.2, 0) is 24.2 Å². The molecule has 6 heteroatoms. The number of rotatable bonds is 8. The van der Waals surface area contributed by atoms with Gasteiger partial charge in [-0.3, -0.25) is 9.69 Å². The molecule has 30 heavy (non-hydrogen) atoms. The van der Waals surface area contributed by atoms with Crippen molar-refractivity contribution in [2.24, 2.45) is 0 Å². The van der Waals surface area contributed by atoms with Crippen molar-refractivity contribution in [3.8, 4) is 0 Å². The Bertz CT molecular complexity index is 1130. The average molecular weight is 419 g/mol. The fourth-order valence-corrected chi connectivity index (χ4v) is 4.70. The number of amides is 1. The highest BCUT2D eigenvalue weighted by Crippen LogP contribution is 2.31. The molecule has 0 saturated heterocycles. The van der Waals surface area contributed by atoms with Gasteiger partial charge in [0.25, 0.3) is 0 Å². The summed E-state index contributed by atoms with van der Waals surface area (Å²) in [5.41, 5.74) is 4.44. The zero-order valence-electron chi connectivity index (χ0n) is 17.4. The average Bonchev–Trinajstić information content (AvgIpc) is 3.40. The van der Waals surface area contributed by atoms with Crippen LogP contribution < -0.4 is 4.90 Å². The van der Waals surface area contributed by atoms with E-state index in [1.165, 1.54) is 11.1 Å². The van der Waals surface area contributed by atoms with Crippen molar-refractivity contribution < 1.29 is 4.79 Å². The van der Waals surface area contributed by atoms with Gasteiger partial charge in [-0.15, -0.1) is 0 Å². The summed E-state index contributed by atoms with van der Waals surface area (Å²) in [7, 11) is 0. The van der Waals surface area contributed by atoms with Gasteiger partial charge in [-0.2, -0.15) is 0 Å². The van der Waals surface area contributed by atoms with Crippen LogP contribution in [0.15, 0.2) is 61.2 Å². The van der Waals surface area contributed by atoms with E-state index in [1.807, 2.05) is 34.1 Å². The monoisotopic (exact) mass is 418 g/mol. The van der Waals surface area contributed by atoms with E-state index >= 15 is 0 Å². The Labute approximate surface area is 181 Å². The summed E-state index contributed by atoms with van der Waals surface area (Å²) in [5.74, 6) is 0.0864. The molecule has 0 aliphatic carbocycles. The molecule has 0 atom stereocenters. The minimum Gasteiger partial charge on any atom is -0.337 e. The Hall–Kier alpha value is -2.99. The zero-order chi connectivity index (χ0) is 20.9. The van der Waals surface area contributed by atoms with Crippen LogP contribution in [0.4, 0.5) is 5.13 Å². The number of hydrogen-bond acceptors (Lipinski definition) is 4. The molecule has 1 amide bonds. The molecule has 154 valence electrons. The van der Waals surface area contributed by atoms with E-state index in [-0.39, 0.29) is 5.91 Å². The molecule has 2 heterocycles. The van der Waals surface area contributed by atoms with Gasteiger partial charge in [-0.1, -0.05) is 60.2 Å². The van der Waals surface area contributed by atoms with Crippen LogP contribution in [-0.4, -0.2) is 27.0 Å². The molecule has 0 spiro atoms. The topological polar surface area (TPSA) is 51.0 Å². The van der Waals surface area contributed by atoms with Crippen molar-refractivity contribution in [2.75, 3.05) is 11.4 Å². The Morgan fingerprint density at radius 1 is 1.20 bits per heavy atom.